The molecule has 0 unspecified atom stereocenters. The van der Waals surface area contributed by atoms with Gasteiger partial charge in [-0.1, -0.05) is 18.0 Å². The highest BCUT2D eigenvalue weighted by atomic mass is 16.5. The van der Waals surface area contributed by atoms with Crippen LogP contribution in [0.15, 0.2) is 29.4 Å². The lowest BCUT2D eigenvalue weighted by Crippen LogP contribution is -2.28. The largest absolute Gasteiger partial charge is 0.492 e. The van der Waals surface area contributed by atoms with Gasteiger partial charge in [-0.05, 0) is 50.1 Å². The van der Waals surface area contributed by atoms with Crippen LogP contribution in [-0.4, -0.2) is 42.7 Å². The average molecular weight is 291 g/mol. The highest BCUT2D eigenvalue weighted by Gasteiger charge is 2.16. The van der Waals surface area contributed by atoms with Gasteiger partial charge in [0.25, 0.3) is 0 Å². The summed E-state index contributed by atoms with van der Waals surface area (Å²) in [6.07, 6.45) is 5.53. The summed E-state index contributed by atoms with van der Waals surface area (Å²) in [7, 11) is 2.16. The second-order valence-corrected chi connectivity index (χ2v) is 5.77. The van der Waals surface area contributed by atoms with Crippen molar-refractivity contribution in [2.45, 2.75) is 25.7 Å². The molecule has 5 nitrogen and oxygen atoms in total. The third-order valence-electron chi connectivity index (χ3n) is 4.04. The van der Waals surface area contributed by atoms with Crippen LogP contribution in [0.4, 0.5) is 0 Å². The molecule has 1 aliphatic rings. The van der Waals surface area contributed by atoms with Crippen LogP contribution in [0, 0.1) is 5.92 Å². The monoisotopic (exact) mass is 291 g/mol. The zero-order valence-corrected chi connectivity index (χ0v) is 12.7. The topological polar surface area (TPSA) is 71.1 Å². The van der Waals surface area contributed by atoms with Crippen LogP contribution >= 0.6 is 0 Å². The molecule has 21 heavy (non-hydrogen) atoms. The van der Waals surface area contributed by atoms with E-state index in [1.165, 1.54) is 32.2 Å². The highest BCUT2D eigenvalue weighted by molar-refractivity contribution is 5.97. The molecule has 0 bridgehead atoms. The van der Waals surface area contributed by atoms with Gasteiger partial charge in [-0.3, -0.25) is 0 Å². The predicted octanol–water partition coefficient (Wildman–Crippen LogP) is 2.28. The normalized spacial score (nSPS) is 16.6. The van der Waals surface area contributed by atoms with Crippen LogP contribution in [0.25, 0.3) is 0 Å². The number of benzene rings is 1. The Morgan fingerprint density at radius 1 is 1.33 bits per heavy atom. The Kier molecular flexibility index (Phi) is 5.87. The van der Waals surface area contributed by atoms with E-state index in [0.717, 1.165) is 18.2 Å². The maximum atomic E-state index is 8.60. The summed E-state index contributed by atoms with van der Waals surface area (Å²) in [5.41, 5.74) is 6.20. The maximum absolute atomic E-state index is 8.60. The lowest BCUT2D eigenvalue weighted by molar-refractivity contribution is 0.215. The number of ether oxygens (including phenoxy) is 1. The standard InChI is InChI=1S/C16H25N3O2/c1-19(12-13-4-2-3-5-13)10-11-21-15-8-6-14(7-9-15)16(17)18-20/h6-9,13,20H,2-5,10-12H2,1H3,(H2,17,18). The number of rotatable bonds is 7. The second-order valence-electron chi connectivity index (χ2n) is 5.77. The van der Waals surface area contributed by atoms with Crippen LogP contribution in [0.5, 0.6) is 5.75 Å². The van der Waals surface area contributed by atoms with E-state index in [2.05, 4.69) is 17.1 Å². The Balaban J connectivity index is 1.70. The fourth-order valence-electron chi connectivity index (χ4n) is 2.82. The summed E-state index contributed by atoms with van der Waals surface area (Å²) in [5, 5.41) is 11.6. The van der Waals surface area contributed by atoms with E-state index in [1.807, 2.05) is 12.1 Å². The molecule has 5 heteroatoms. The molecule has 1 saturated carbocycles. The SMILES string of the molecule is CN(CCOc1ccc(C(N)=NO)cc1)CC1CCCC1. The van der Waals surface area contributed by atoms with Gasteiger partial charge in [-0.2, -0.15) is 0 Å². The summed E-state index contributed by atoms with van der Waals surface area (Å²) >= 11 is 0. The Labute approximate surface area is 126 Å². The van der Waals surface area contributed by atoms with Crippen molar-refractivity contribution in [3.63, 3.8) is 0 Å². The third-order valence-corrected chi connectivity index (χ3v) is 4.04. The van der Waals surface area contributed by atoms with Crippen LogP contribution in [-0.2, 0) is 0 Å². The van der Waals surface area contributed by atoms with Crippen molar-refractivity contribution in [2.24, 2.45) is 16.8 Å². The average Bonchev–Trinajstić information content (AvgIpc) is 3.00. The van der Waals surface area contributed by atoms with E-state index >= 15 is 0 Å². The smallest absolute Gasteiger partial charge is 0.170 e. The van der Waals surface area contributed by atoms with E-state index in [1.54, 1.807) is 12.1 Å². The molecule has 3 N–H and O–H groups in total. The number of amidine groups is 1. The Morgan fingerprint density at radius 3 is 2.62 bits per heavy atom. The highest BCUT2D eigenvalue weighted by Crippen LogP contribution is 2.25. The molecule has 116 valence electrons. The summed E-state index contributed by atoms with van der Waals surface area (Å²) in [4.78, 5) is 2.35. The first-order valence-electron chi connectivity index (χ1n) is 7.58. The van der Waals surface area contributed by atoms with E-state index in [-0.39, 0.29) is 5.84 Å². The summed E-state index contributed by atoms with van der Waals surface area (Å²) in [6.45, 7) is 2.77. The predicted molar refractivity (Wildman–Crippen MR) is 83.9 cm³/mol. The Hall–Kier alpha value is -1.75. The van der Waals surface area contributed by atoms with Gasteiger partial charge in [0, 0.05) is 18.7 Å². The van der Waals surface area contributed by atoms with Crippen LogP contribution < -0.4 is 10.5 Å². The number of nitrogens with zero attached hydrogens (tertiary/aromatic N) is 2. The molecule has 0 atom stereocenters. The van der Waals surface area contributed by atoms with E-state index in [0.29, 0.717) is 12.2 Å². The summed E-state index contributed by atoms with van der Waals surface area (Å²) < 4.78 is 5.72. The zero-order valence-electron chi connectivity index (χ0n) is 12.7. The second kappa shape index (κ2) is 7.88. The van der Waals surface area contributed by atoms with Crippen molar-refractivity contribution < 1.29 is 9.94 Å². The van der Waals surface area contributed by atoms with Crippen molar-refractivity contribution in [2.75, 3.05) is 26.7 Å². The van der Waals surface area contributed by atoms with Gasteiger partial charge < -0.3 is 20.6 Å². The number of oxime groups is 1. The van der Waals surface area contributed by atoms with Crippen molar-refractivity contribution in [3.8, 4) is 5.75 Å². The quantitative estimate of drug-likeness (QED) is 0.350. The minimum absolute atomic E-state index is 0.109. The lowest BCUT2D eigenvalue weighted by Gasteiger charge is -2.20. The van der Waals surface area contributed by atoms with Crippen molar-refractivity contribution in [3.05, 3.63) is 29.8 Å². The molecule has 0 aliphatic heterocycles. The van der Waals surface area contributed by atoms with Crippen LogP contribution in [0.2, 0.25) is 0 Å². The number of hydrogen-bond donors (Lipinski definition) is 2. The van der Waals surface area contributed by atoms with E-state index in [9.17, 15) is 0 Å². The van der Waals surface area contributed by atoms with Gasteiger partial charge in [0.2, 0.25) is 0 Å². The molecule has 1 aliphatic carbocycles. The van der Waals surface area contributed by atoms with Gasteiger partial charge in [-0.15, -0.1) is 0 Å². The molecule has 2 rings (SSSR count). The lowest BCUT2D eigenvalue weighted by atomic mass is 10.1. The first-order valence-corrected chi connectivity index (χ1v) is 7.58. The Morgan fingerprint density at radius 2 is 2.00 bits per heavy atom. The molecule has 1 fully saturated rings. The maximum Gasteiger partial charge on any atom is 0.170 e. The summed E-state index contributed by atoms with van der Waals surface area (Å²) in [6, 6.07) is 7.24. The first-order chi connectivity index (χ1) is 10.2. The molecule has 0 aromatic heterocycles. The minimum atomic E-state index is 0.109. The molecule has 0 amide bonds. The van der Waals surface area contributed by atoms with Crippen LogP contribution in [0.1, 0.15) is 31.2 Å². The fourth-order valence-corrected chi connectivity index (χ4v) is 2.82. The van der Waals surface area contributed by atoms with Gasteiger partial charge >= 0.3 is 0 Å². The molecule has 0 heterocycles. The molecule has 1 aromatic carbocycles. The number of nitrogens with two attached hydrogens (primary N) is 1. The van der Waals surface area contributed by atoms with Crippen LogP contribution in [0.3, 0.4) is 0 Å². The fraction of sp³-hybridized carbons (Fsp3) is 0.562. The number of likely N-dealkylation sites (N-methyl/N-ethyl adjacent to an activating group) is 1. The zero-order chi connectivity index (χ0) is 15.1. The molecular formula is C16H25N3O2. The molecular weight excluding hydrogens is 266 g/mol. The van der Waals surface area contributed by atoms with Gasteiger partial charge in [0.1, 0.15) is 12.4 Å². The van der Waals surface area contributed by atoms with Gasteiger partial charge in [0.05, 0.1) is 0 Å². The third kappa shape index (κ3) is 4.93. The molecule has 0 spiro atoms. The number of hydrogen-bond acceptors (Lipinski definition) is 4. The molecule has 0 saturated heterocycles. The Bertz CT molecular complexity index is 453. The summed E-state index contributed by atoms with van der Waals surface area (Å²) in [5.74, 6) is 1.78. The van der Waals surface area contributed by atoms with E-state index < -0.39 is 0 Å². The van der Waals surface area contributed by atoms with Crippen molar-refractivity contribution in [1.29, 1.82) is 0 Å². The van der Waals surface area contributed by atoms with Crippen molar-refractivity contribution >= 4 is 5.84 Å². The minimum Gasteiger partial charge on any atom is -0.492 e. The van der Waals surface area contributed by atoms with Crippen molar-refractivity contribution in [1.82, 2.24) is 4.90 Å². The molecule has 0 radical (unpaired) electrons. The van der Waals surface area contributed by atoms with Gasteiger partial charge in [0.15, 0.2) is 5.84 Å². The van der Waals surface area contributed by atoms with E-state index in [4.69, 9.17) is 15.7 Å². The molecule has 1 aromatic rings. The first kappa shape index (κ1) is 15.6. The van der Waals surface area contributed by atoms with Gasteiger partial charge in [-0.25, -0.2) is 0 Å².